The second-order valence-corrected chi connectivity index (χ2v) is 16.1. The van der Waals surface area contributed by atoms with E-state index in [0.29, 0.717) is 0 Å². The molecule has 2 aliphatic rings. The zero-order valence-corrected chi connectivity index (χ0v) is 29.3. The number of nitrogens with zero attached hydrogens (tertiary/aromatic N) is 2. The van der Waals surface area contributed by atoms with E-state index >= 15 is 0 Å². The average Bonchev–Trinajstić information content (AvgIpc) is 3.49. The van der Waals surface area contributed by atoms with Crippen LogP contribution < -0.4 is 25.9 Å². The van der Waals surface area contributed by atoms with Crippen LogP contribution >= 0.6 is 0 Å². The van der Waals surface area contributed by atoms with Gasteiger partial charge in [0.05, 0.1) is 16.6 Å². The molecule has 4 nitrogen and oxygen atoms in total. The van der Waals surface area contributed by atoms with E-state index in [4.69, 9.17) is 14.5 Å². The fourth-order valence-electron chi connectivity index (χ4n) is 8.09. The second kappa shape index (κ2) is 10.0. The number of hydrogen-bond donors (Lipinski definition) is 0. The van der Waals surface area contributed by atoms with E-state index in [9.17, 15) is 0 Å². The molecule has 0 bridgehead atoms. The molecule has 2 aliphatic heterocycles. The van der Waals surface area contributed by atoms with Gasteiger partial charge in [0, 0.05) is 16.2 Å². The number of pyridine rings is 1. The third-order valence-electron chi connectivity index (χ3n) is 10.8. The molecule has 0 fully saturated rings. The van der Waals surface area contributed by atoms with E-state index in [1.54, 1.807) is 0 Å². The van der Waals surface area contributed by atoms with E-state index < -0.39 is 0 Å². The lowest BCUT2D eigenvalue weighted by Crippen LogP contribution is -2.57. The molecule has 0 saturated carbocycles. The highest BCUT2D eigenvalue weighted by atomic mass is 16.5. The molecule has 0 aliphatic carbocycles. The lowest BCUT2D eigenvalue weighted by atomic mass is 9.34. The molecular weight excluding hydrogens is 611 g/mol. The van der Waals surface area contributed by atoms with Crippen molar-refractivity contribution >= 4 is 61.5 Å². The Morgan fingerprint density at radius 1 is 0.520 bits per heavy atom. The third kappa shape index (κ3) is 4.22. The van der Waals surface area contributed by atoms with Crippen molar-refractivity contribution in [3.8, 4) is 34.1 Å². The molecule has 0 amide bonds. The number of fused-ring (bicyclic) bond motifs is 12. The maximum Gasteiger partial charge on any atom is 0.260 e. The monoisotopic (exact) mass is 648 g/mol. The van der Waals surface area contributed by atoms with Crippen LogP contribution in [0.15, 0.2) is 115 Å². The predicted molar refractivity (Wildman–Crippen MR) is 208 cm³/mol. The molecule has 0 N–H and O–H groups in total. The third-order valence-corrected chi connectivity index (χ3v) is 10.8. The van der Waals surface area contributed by atoms with Gasteiger partial charge in [-0.15, -0.1) is 0 Å². The Bertz CT molecular complexity index is 2660. The molecule has 5 heteroatoms. The molecule has 4 heterocycles. The van der Waals surface area contributed by atoms with Gasteiger partial charge in [-0.05, 0) is 91.9 Å². The Labute approximate surface area is 292 Å². The van der Waals surface area contributed by atoms with Crippen LogP contribution in [0.1, 0.15) is 52.7 Å². The molecule has 8 aromatic rings. The van der Waals surface area contributed by atoms with Gasteiger partial charge in [-0.1, -0.05) is 114 Å². The van der Waals surface area contributed by atoms with Gasteiger partial charge in [0.25, 0.3) is 6.71 Å². The number of aromatic nitrogens is 2. The van der Waals surface area contributed by atoms with Crippen molar-refractivity contribution in [3.05, 3.63) is 126 Å². The molecule has 0 radical (unpaired) electrons. The van der Waals surface area contributed by atoms with E-state index in [0.717, 1.165) is 67.2 Å². The summed E-state index contributed by atoms with van der Waals surface area (Å²) in [4.78, 5) is 5.16. The maximum absolute atomic E-state index is 6.82. The lowest BCUT2D eigenvalue weighted by molar-refractivity contribution is 0.464. The van der Waals surface area contributed by atoms with Gasteiger partial charge in [-0.3, -0.25) is 4.40 Å². The Morgan fingerprint density at radius 3 is 1.72 bits per heavy atom. The highest BCUT2D eigenvalue weighted by Crippen LogP contribution is 2.41. The topological polar surface area (TPSA) is 35.8 Å². The molecule has 2 aromatic heterocycles. The summed E-state index contributed by atoms with van der Waals surface area (Å²) in [5.74, 6) is 3.51. The smallest absolute Gasteiger partial charge is 0.260 e. The molecule has 50 heavy (non-hydrogen) atoms. The van der Waals surface area contributed by atoms with Crippen LogP contribution in [-0.4, -0.2) is 16.1 Å². The van der Waals surface area contributed by atoms with Crippen molar-refractivity contribution in [3.63, 3.8) is 0 Å². The minimum Gasteiger partial charge on any atom is -0.458 e. The van der Waals surface area contributed by atoms with E-state index in [2.05, 4.69) is 161 Å². The van der Waals surface area contributed by atoms with Gasteiger partial charge in [0.1, 0.15) is 28.6 Å². The Balaban J connectivity index is 1.19. The van der Waals surface area contributed by atoms with Crippen molar-refractivity contribution in [2.24, 2.45) is 0 Å². The summed E-state index contributed by atoms with van der Waals surface area (Å²) in [5, 5.41) is 3.58. The van der Waals surface area contributed by atoms with Crippen LogP contribution in [0.2, 0.25) is 0 Å². The van der Waals surface area contributed by atoms with Crippen molar-refractivity contribution in [2.45, 2.75) is 52.4 Å². The normalized spacial score (nSPS) is 13.7. The van der Waals surface area contributed by atoms with Gasteiger partial charge in [0.2, 0.25) is 0 Å². The van der Waals surface area contributed by atoms with Crippen molar-refractivity contribution in [2.75, 3.05) is 0 Å². The molecule has 0 saturated heterocycles. The number of para-hydroxylation sites is 1. The van der Waals surface area contributed by atoms with Gasteiger partial charge in [-0.2, -0.15) is 0 Å². The summed E-state index contributed by atoms with van der Waals surface area (Å²) in [7, 11) is 0. The fraction of sp³-hybridized carbons (Fsp3) is 0.178. The first-order chi connectivity index (χ1) is 24.0. The molecule has 0 spiro atoms. The second-order valence-electron chi connectivity index (χ2n) is 16.1. The first kappa shape index (κ1) is 29.4. The van der Waals surface area contributed by atoms with E-state index in [1.165, 1.54) is 32.8 Å². The quantitative estimate of drug-likeness (QED) is 0.131. The van der Waals surface area contributed by atoms with Crippen LogP contribution in [0.3, 0.4) is 0 Å². The van der Waals surface area contributed by atoms with Gasteiger partial charge < -0.3 is 9.47 Å². The SMILES string of the molecule is CC(C)(C)c1ccc2c(c1)B1c3cc(C(C)(C)C)ccc3Oc3cc(-c4ccc5nc6c7ccccc7c7ccccc7n6c5c4)cc(c31)O2. The molecule has 10 rings (SSSR count). The number of ether oxygens (including phenoxy) is 2. The number of imidazole rings is 1. The standard InChI is InChI=1S/C45H37BN2O2/c1-44(2,3)28-16-19-38-33(24-28)46-34-25-29(45(4,5)6)17-20-39(34)50-41-23-27(22-40(49-38)42(41)46)26-15-18-35-37(21-26)48-36-14-10-9-12-31(36)30-11-7-8-13-32(30)43(48)47-35/h7-25H,1-6H3. The minimum atomic E-state index is 0.00653. The van der Waals surface area contributed by atoms with Gasteiger partial charge >= 0.3 is 0 Å². The van der Waals surface area contributed by atoms with Crippen LogP contribution in [0.4, 0.5) is 0 Å². The summed E-state index contributed by atoms with van der Waals surface area (Å²) in [6.45, 7) is 13.6. The lowest BCUT2D eigenvalue weighted by Gasteiger charge is -2.35. The summed E-state index contributed by atoms with van der Waals surface area (Å²) >= 11 is 0. The van der Waals surface area contributed by atoms with Crippen molar-refractivity contribution < 1.29 is 9.47 Å². The van der Waals surface area contributed by atoms with Gasteiger partial charge in [-0.25, -0.2) is 4.98 Å². The highest BCUT2D eigenvalue weighted by Gasteiger charge is 2.41. The number of rotatable bonds is 1. The molecule has 0 unspecified atom stereocenters. The average molecular weight is 649 g/mol. The first-order valence-corrected chi connectivity index (χ1v) is 17.6. The molecule has 0 atom stereocenters. The van der Waals surface area contributed by atoms with Crippen molar-refractivity contribution in [1.82, 2.24) is 9.38 Å². The summed E-state index contributed by atoms with van der Waals surface area (Å²) in [6, 6.07) is 41.6. The van der Waals surface area contributed by atoms with Crippen LogP contribution in [0.5, 0.6) is 23.0 Å². The van der Waals surface area contributed by atoms with Crippen LogP contribution in [-0.2, 0) is 10.8 Å². The molecular formula is C45H37BN2O2. The summed E-state index contributed by atoms with van der Waals surface area (Å²) in [6.07, 6.45) is 0. The Morgan fingerprint density at radius 2 is 1.10 bits per heavy atom. The van der Waals surface area contributed by atoms with E-state index in [-0.39, 0.29) is 17.5 Å². The number of benzene rings is 6. The Hall–Kier alpha value is -5.55. The highest BCUT2D eigenvalue weighted by molar-refractivity contribution is 6.98. The van der Waals surface area contributed by atoms with E-state index in [1.807, 2.05) is 0 Å². The van der Waals surface area contributed by atoms with Gasteiger partial charge in [0.15, 0.2) is 0 Å². The first-order valence-electron chi connectivity index (χ1n) is 17.6. The Kier molecular flexibility index (Phi) is 5.88. The van der Waals surface area contributed by atoms with Crippen molar-refractivity contribution in [1.29, 1.82) is 0 Å². The minimum absolute atomic E-state index is 0.00653. The summed E-state index contributed by atoms with van der Waals surface area (Å²) < 4.78 is 15.9. The zero-order valence-electron chi connectivity index (χ0n) is 29.3. The predicted octanol–water partition coefficient (Wildman–Crippen LogP) is 9.78. The van der Waals surface area contributed by atoms with Crippen LogP contribution in [0.25, 0.3) is 49.5 Å². The number of hydrogen-bond acceptors (Lipinski definition) is 3. The largest absolute Gasteiger partial charge is 0.458 e. The maximum atomic E-state index is 6.82. The summed E-state index contributed by atoms with van der Waals surface area (Å²) in [5.41, 5.74) is 12.4. The molecule has 242 valence electrons. The fourth-order valence-corrected chi connectivity index (χ4v) is 8.09. The molecule has 6 aromatic carbocycles. The zero-order chi connectivity index (χ0) is 34.1. The van der Waals surface area contributed by atoms with Crippen LogP contribution in [0, 0.1) is 0 Å².